The first-order valence-electron chi connectivity index (χ1n) is 11.5. The van der Waals surface area contributed by atoms with E-state index in [1.54, 1.807) is 6.92 Å². The van der Waals surface area contributed by atoms with Gasteiger partial charge in [-0.1, -0.05) is 0 Å². The number of carbonyl (C=O) groups is 1. The van der Waals surface area contributed by atoms with Crippen molar-refractivity contribution in [3.05, 3.63) is 36.5 Å². The number of pyridine rings is 1. The van der Waals surface area contributed by atoms with Crippen LogP contribution in [-0.2, 0) is 4.79 Å². The van der Waals surface area contributed by atoms with Crippen LogP contribution < -0.4 is 0 Å². The molecule has 3 nitrogen and oxygen atoms in total. The van der Waals surface area contributed by atoms with Gasteiger partial charge in [0.15, 0.2) is 0 Å². The maximum absolute atomic E-state index is 11.6. The Labute approximate surface area is 171 Å². The Bertz CT molecular complexity index is 620. The minimum Gasteiger partial charge on any atom is -0.346 e. The van der Waals surface area contributed by atoms with Crippen LogP contribution in [0.2, 0.25) is 0 Å². The lowest BCUT2D eigenvalue weighted by molar-refractivity contribution is -0.127. The third kappa shape index (κ3) is 4.78. The van der Waals surface area contributed by atoms with Gasteiger partial charge in [-0.25, -0.2) is 0 Å². The second-order valence-corrected chi connectivity index (χ2v) is 10.3. The number of hydrogen-bond acceptors (Lipinski definition) is 2. The summed E-state index contributed by atoms with van der Waals surface area (Å²) in [6, 6.07) is 4.19. The van der Waals surface area contributed by atoms with Gasteiger partial charge in [0.05, 0.1) is 0 Å². The van der Waals surface area contributed by atoms with Gasteiger partial charge in [-0.15, -0.1) is 0 Å². The van der Waals surface area contributed by atoms with Gasteiger partial charge in [-0.2, -0.15) is 0 Å². The van der Waals surface area contributed by atoms with E-state index in [2.05, 4.69) is 23.5 Å². The zero-order chi connectivity index (χ0) is 19.6. The molecule has 5 rings (SSSR count). The molecule has 3 heteroatoms. The van der Waals surface area contributed by atoms with Crippen molar-refractivity contribution in [1.29, 1.82) is 0 Å². The van der Waals surface area contributed by atoms with E-state index in [4.69, 9.17) is 0 Å². The van der Waals surface area contributed by atoms with E-state index < -0.39 is 0 Å². The van der Waals surface area contributed by atoms with Crippen molar-refractivity contribution >= 4 is 5.91 Å². The van der Waals surface area contributed by atoms with Crippen LogP contribution in [0.4, 0.5) is 0 Å². The van der Waals surface area contributed by atoms with Crippen molar-refractivity contribution in [2.75, 3.05) is 13.6 Å². The summed E-state index contributed by atoms with van der Waals surface area (Å²) in [7, 11) is 1.94. The molecule has 1 aromatic rings. The quantitative estimate of drug-likeness (QED) is 0.565. The largest absolute Gasteiger partial charge is 0.346 e. The van der Waals surface area contributed by atoms with E-state index in [0.717, 1.165) is 37.1 Å². The standard InChI is InChI=1S/C25H37N2O/c1-19(28)27(2)12-8-20(3-4-21-6-10-26-11-7-21)5-9-25-16-22-13-23(17-25)15-24(14-22)18-25/h4,6-7,10-11,20,22-24H,3,5,8-9,12-18H2,1-2H3. The van der Waals surface area contributed by atoms with Crippen molar-refractivity contribution in [3.8, 4) is 0 Å². The van der Waals surface area contributed by atoms with E-state index in [9.17, 15) is 4.79 Å². The van der Waals surface area contributed by atoms with Gasteiger partial charge in [0.2, 0.25) is 5.91 Å². The van der Waals surface area contributed by atoms with Crippen molar-refractivity contribution in [1.82, 2.24) is 9.88 Å². The normalized spacial score (nSPS) is 31.7. The Hall–Kier alpha value is -1.38. The van der Waals surface area contributed by atoms with E-state index >= 15 is 0 Å². The first-order valence-corrected chi connectivity index (χ1v) is 11.5. The molecule has 4 bridgehead atoms. The fraction of sp³-hybridized carbons (Fsp3) is 0.720. The summed E-state index contributed by atoms with van der Waals surface area (Å²) in [5.41, 5.74) is 1.94. The van der Waals surface area contributed by atoms with Crippen LogP contribution in [0.5, 0.6) is 0 Å². The number of carbonyl (C=O) groups excluding carboxylic acids is 1. The second kappa shape index (κ2) is 8.55. The number of amides is 1. The fourth-order valence-electron chi connectivity index (χ4n) is 6.82. The molecule has 0 aromatic carbocycles. The molecule has 1 amide bonds. The minimum absolute atomic E-state index is 0.179. The highest BCUT2D eigenvalue weighted by Gasteiger charge is 2.50. The van der Waals surface area contributed by atoms with Gasteiger partial charge in [0.1, 0.15) is 0 Å². The summed E-state index contributed by atoms with van der Waals surface area (Å²) >= 11 is 0. The highest BCUT2D eigenvalue weighted by atomic mass is 16.2. The third-order valence-electron chi connectivity index (χ3n) is 8.05. The lowest BCUT2D eigenvalue weighted by Gasteiger charge is -2.57. The summed E-state index contributed by atoms with van der Waals surface area (Å²) < 4.78 is 0. The predicted octanol–water partition coefficient (Wildman–Crippen LogP) is 5.51. The monoisotopic (exact) mass is 381 g/mol. The average Bonchev–Trinajstić information content (AvgIpc) is 2.66. The van der Waals surface area contributed by atoms with E-state index in [0.29, 0.717) is 11.3 Å². The SMILES string of the molecule is CC(=O)N(C)CCC(C[CH]c1ccncc1)CCC12CC3CC(CC(C3)C1)C2. The molecule has 0 N–H and O–H groups in total. The smallest absolute Gasteiger partial charge is 0.219 e. The molecule has 28 heavy (non-hydrogen) atoms. The second-order valence-electron chi connectivity index (χ2n) is 10.3. The Balaban J connectivity index is 1.34. The molecule has 4 aliphatic rings. The Morgan fingerprint density at radius 3 is 2.32 bits per heavy atom. The molecule has 1 radical (unpaired) electrons. The van der Waals surface area contributed by atoms with Crippen LogP contribution in [-0.4, -0.2) is 29.4 Å². The molecule has 1 aromatic heterocycles. The van der Waals surface area contributed by atoms with Gasteiger partial charge in [-0.3, -0.25) is 9.78 Å². The predicted molar refractivity (Wildman–Crippen MR) is 114 cm³/mol. The van der Waals surface area contributed by atoms with Gasteiger partial charge >= 0.3 is 0 Å². The van der Waals surface area contributed by atoms with Gasteiger partial charge in [0, 0.05) is 32.9 Å². The zero-order valence-corrected chi connectivity index (χ0v) is 17.8. The average molecular weight is 382 g/mol. The third-order valence-corrected chi connectivity index (χ3v) is 8.05. The first-order chi connectivity index (χ1) is 13.5. The molecule has 153 valence electrons. The highest BCUT2D eigenvalue weighted by Crippen LogP contribution is 2.61. The molecule has 1 atom stereocenters. The van der Waals surface area contributed by atoms with Crippen molar-refractivity contribution < 1.29 is 4.79 Å². The molecular weight excluding hydrogens is 344 g/mol. The lowest BCUT2D eigenvalue weighted by atomic mass is 9.48. The molecule has 0 aliphatic heterocycles. The summed E-state index contributed by atoms with van der Waals surface area (Å²) in [6.07, 6.45) is 20.2. The Morgan fingerprint density at radius 2 is 1.75 bits per heavy atom. The Morgan fingerprint density at radius 1 is 1.14 bits per heavy atom. The van der Waals surface area contributed by atoms with Crippen LogP contribution in [0.25, 0.3) is 0 Å². The summed E-state index contributed by atoms with van der Waals surface area (Å²) in [5, 5.41) is 0. The molecule has 4 aliphatic carbocycles. The van der Waals surface area contributed by atoms with Crippen molar-refractivity contribution in [3.63, 3.8) is 0 Å². The van der Waals surface area contributed by atoms with Crippen LogP contribution in [0, 0.1) is 35.5 Å². The molecule has 0 saturated heterocycles. The van der Waals surface area contributed by atoms with E-state index in [1.165, 1.54) is 56.9 Å². The molecule has 0 spiro atoms. The minimum atomic E-state index is 0.179. The molecule has 4 fully saturated rings. The molecular formula is C25H37N2O. The van der Waals surface area contributed by atoms with E-state index in [1.807, 2.05) is 24.3 Å². The number of aromatic nitrogens is 1. The van der Waals surface area contributed by atoms with Crippen molar-refractivity contribution in [2.45, 2.75) is 71.1 Å². The summed E-state index contributed by atoms with van der Waals surface area (Å²) in [6.45, 7) is 2.55. The topological polar surface area (TPSA) is 33.2 Å². The van der Waals surface area contributed by atoms with Crippen LogP contribution in [0.15, 0.2) is 24.5 Å². The molecule has 4 saturated carbocycles. The van der Waals surface area contributed by atoms with Gasteiger partial charge in [0.25, 0.3) is 0 Å². The fourth-order valence-corrected chi connectivity index (χ4v) is 6.82. The highest BCUT2D eigenvalue weighted by molar-refractivity contribution is 5.72. The van der Waals surface area contributed by atoms with E-state index in [-0.39, 0.29) is 5.91 Å². The van der Waals surface area contributed by atoms with Crippen molar-refractivity contribution in [2.24, 2.45) is 29.1 Å². The number of rotatable bonds is 9. The van der Waals surface area contributed by atoms with Crippen LogP contribution in [0.1, 0.15) is 76.7 Å². The Kier molecular flexibility index (Phi) is 6.08. The summed E-state index contributed by atoms with van der Waals surface area (Å²) in [4.78, 5) is 17.6. The molecule has 1 unspecified atom stereocenters. The van der Waals surface area contributed by atoms with Gasteiger partial charge in [-0.05, 0) is 117 Å². The van der Waals surface area contributed by atoms with Crippen LogP contribution >= 0.6 is 0 Å². The maximum atomic E-state index is 11.6. The maximum Gasteiger partial charge on any atom is 0.219 e. The van der Waals surface area contributed by atoms with Crippen LogP contribution in [0.3, 0.4) is 0 Å². The summed E-state index contributed by atoms with van der Waals surface area (Å²) in [5.74, 6) is 3.96. The van der Waals surface area contributed by atoms with Gasteiger partial charge < -0.3 is 4.90 Å². The first kappa shape index (κ1) is 19.9. The number of nitrogens with zero attached hydrogens (tertiary/aromatic N) is 2. The lowest BCUT2D eigenvalue weighted by Crippen LogP contribution is -2.46. The zero-order valence-electron chi connectivity index (χ0n) is 17.8. The molecule has 1 heterocycles. The number of hydrogen-bond donors (Lipinski definition) is 0.